The highest BCUT2D eigenvalue weighted by Gasteiger charge is 2.36. The molecule has 0 saturated carbocycles. The molecule has 5 rings (SSSR count). The summed E-state index contributed by atoms with van der Waals surface area (Å²) in [5, 5.41) is 0. The molecule has 0 bridgehead atoms. The number of anilines is 3. The van der Waals surface area contributed by atoms with Crippen molar-refractivity contribution in [2.24, 2.45) is 0 Å². The van der Waals surface area contributed by atoms with E-state index in [0.717, 1.165) is 43.2 Å². The molecule has 2 fully saturated rings. The van der Waals surface area contributed by atoms with Gasteiger partial charge in [-0.1, -0.05) is 18.2 Å². The van der Waals surface area contributed by atoms with Crippen molar-refractivity contribution in [2.45, 2.75) is 6.54 Å². The molecule has 8 heteroatoms. The van der Waals surface area contributed by atoms with Crippen LogP contribution in [-0.4, -0.2) is 68.5 Å². The monoisotopic (exact) mass is 381 g/mol. The molecule has 0 N–H and O–H groups in total. The molecule has 0 spiro atoms. The minimum Gasteiger partial charge on any atom is -0.378 e. The van der Waals surface area contributed by atoms with E-state index in [2.05, 4.69) is 9.80 Å². The van der Waals surface area contributed by atoms with Gasteiger partial charge >= 0.3 is 0 Å². The summed E-state index contributed by atoms with van der Waals surface area (Å²) >= 11 is 0. The van der Waals surface area contributed by atoms with Crippen molar-refractivity contribution in [3.05, 3.63) is 41.6 Å². The molecule has 8 nitrogen and oxygen atoms in total. The highest BCUT2D eigenvalue weighted by Crippen LogP contribution is 2.34. The van der Waals surface area contributed by atoms with Crippen LogP contribution in [0.25, 0.3) is 0 Å². The van der Waals surface area contributed by atoms with Gasteiger partial charge in [-0.05, 0) is 12.1 Å². The van der Waals surface area contributed by atoms with Crippen LogP contribution in [0.3, 0.4) is 0 Å². The van der Waals surface area contributed by atoms with Crippen molar-refractivity contribution in [1.29, 1.82) is 0 Å². The fraction of sp³-hybridized carbons (Fsp3) is 0.450. The van der Waals surface area contributed by atoms with E-state index < -0.39 is 0 Å². The van der Waals surface area contributed by atoms with E-state index in [-0.39, 0.29) is 5.91 Å². The maximum atomic E-state index is 13.2. The van der Waals surface area contributed by atoms with Gasteiger partial charge in [0, 0.05) is 37.4 Å². The van der Waals surface area contributed by atoms with Gasteiger partial charge in [-0.2, -0.15) is 4.98 Å². The average molecular weight is 381 g/mol. The van der Waals surface area contributed by atoms with E-state index >= 15 is 0 Å². The Bertz CT molecular complexity index is 864. The molecular formula is C20H23N5O3. The predicted octanol–water partition coefficient (Wildman–Crippen LogP) is 1.31. The zero-order valence-electron chi connectivity index (χ0n) is 15.7. The van der Waals surface area contributed by atoms with Crippen LogP contribution >= 0.6 is 0 Å². The van der Waals surface area contributed by atoms with Gasteiger partial charge in [0.2, 0.25) is 5.95 Å². The van der Waals surface area contributed by atoms with Gasteiger partial charge in [0.25, 0.3) is 5.91 Å². The molecule has 28 heavy (non-hydrogen) atoms. The lowest BCUT2D eigenvalue weighted by atomic mass is 10.2. The second kappa shape index (κ2) is 7.37. The number of hydrogen-bond donors (Lipinski definition) is 0. The minimum atomic E-state index is -0.0624. The van der Waals surface area contributed by atoms with Crippen LogP contribution in [0.2, 0.25) is 0 Å². The van der Waals surface area contributed by atoms with Crippen LogP contribution in [0.15, 0.2) is 30.3 Å². The molecule has 0 atom stereocenters. The number of carbonyl (C=O) groups excluding carboxylic acids is 1. The summed E-state index contributed by atoms with van der Waals surface area (Å²) in [6.45, 7) is 6.14. The highest BCUT2D eigenvalue weighted by molar-refractivity contribution is 6.09. The third-order valence-electron chi connectivity index (χ3n) is 5.41. The van der Waals surface area contributed by atoms with Gasteiger partial charge in [0.05, 0.1) is 33.0 Å². The summed E-state index contributed by atoms with van der Waals surface area (Å²) < 4.78 is 11.0. The van der Waals surface area contributed by atoms with Crippen molar-refractivity contribution in [1.82, 2.24) is 9.97 Å². The Balaban J connectivity index is 1.56. The molecule has 2 aromatic rings. The smallest absolute Gasteiger partial charge is 0.277 e. The van der Waals surface area contributed by atoms with Gasteiger partial charge in [0.15, 0.2) is 0 Å². The first-order valence-electron chi connectivity index (χ1n) is 9.74. The average Bonchev–Trinajstić information content (AvgIpc) is 3.11. The van der Waals surface area contributed by atoms with Gasteiger partial charge in [-0.3, -0.25) is 4.79 Å². The molecule has 0 aliphatic carbocycles. The number of morpholine rings is 2. The van der Waals surface area contributed by atoms with Crippen LogP contribution in [0.1, 0.15) is 16.1 Å². The minimum absolute atomic E-state index is 0.0624. The zero-order valence-corrected chi connectivity index (χ0v) is 15.7. The van der Waals surface area contributed by atoms with Crippen LogP contribution in [0, 0.1) is 0 Å². The Hall–Kier alpha value is -2.71. The standard InChI is InChI=1S/C20H23N5O3/c26-19-17-16(14-25(19)15-4-2-1-3-5-15)18(23-6-10-27-11-7-23)22-20(21-17)24-8-12-28-13-9-24/h1-5H,6-14H2. The third-order valence-corrected chi connectivity index (χ3v) is 5.41. The highest BCUT2D eigenvalue weighted by atomic mass is 16.5. The van der Waals surface area contributed by atoms with Crippen LogP contribution in [0.5, 0.6) is 0 Å². The number of hydrogen-bond acceptors (Lipinski definition) is 7. The number of nitrogens with zero attached hydrogens (tertiary/aromatic N) is 5. The quantitative estimate of drug-likeness (QED) is 0.794. The maximum Gasteiger partial charge on any atom is 0.277 e. The Kier molecular flexibility index (Phi) is 4.58. The van der Waals surface area contributed by atoms with Gasteiger partial charge in [-0.25, -0.2) is 4.98 Å². The summed E-state index contributed by atoms with van der Waals surface area (Å²) in [5.74, 6) is 1.42. The van der Waals surface area contributed by atoms with Crippen LogP contribution in [0.4, 0.5) is 17.5 Å². The molecule has 146 valence electrons. The van der Waals surface area contributed by atoms with Crippen LogP contribution < -0.4 is 14.7 Å². The van der Waals surface area contributed by atoms with E-state index in [1.807, 2.05) is 30.3 Å². The summed E-state index contributed by atoms with van der Waals surface area (Å²) in [6, 6.07) is 9.74. The van der Waals surface area contributed by atoms with Crippen molar-refractivity contribution in [3.63, 3.8) is 0 Å². The topological polar surface area (TPSA) is 71.0 Å². The Morgan fingerprint density at radius 2 is 1.46 bits per heavy atom. The molecule has 1 aromatic heterocycles. The van der Waals surface area contributed by atoms with Crippen molar-refractivity contribution < 1.29 is 14.3 Å². The number of carbonyl (C=O) groups is 1. The second-order valence-electron chi connectivity index (χ2n) is 7.10. The van der Waals surface area contributed by atoms with E-state index in [0.29, 0.717) is 44.6 Å². The first-order valence-corrected chi connectivity index (χ1v) is 9.74. The van der Waals surface area contributed by atoms with Crippen LogP contribution in [-0.2, 0) is 16.0 Å². The lowest BCUT2D eigenvalue weighted by molar-refractivity contribution is 0.0992. The maximum absolute atomic E-state index is 13.2. The number of rotatable bonds is 3. The summed E-state index contributed by atoms with van der Waals surface area (Å²) in [6.07, 6.45) is 0. The largest absolute Gasteiger partial charge is 0.378 e. The number of para-hydroxylation sites is 1. The SMILES string of the molecule is O=C1c2nc(N3CCOCC3)nc(N3CCOCC3)c2CN1c1ccccc1. The first-order chi connectivity index (χ1) is 13.8. The molecule has 3 aliphatic rings. The Morgan fingerprint density at radius 3 is 2.14 bits per heavy atom. The van der Waals surface area contributed by atoms with Gasteiger partial charge < -0.3 is 24.2 Å². The number of amides is 1. The van der Waals surface area contributed by atoms with E-state index in [1.165, 1.54) is 0 Å². The number of aromatic nitrogens is 2. The molecule has 4 heterocycles. The zero-order chi connectivity index (χ0) is 18.9. The number of benzene rings is 1. The lowest BCUT2D eigenvalue weighted by Crippen LogP contribution is -2.40. The summed E-state index contributed by atoms with van der Waals surface area (Å²) in [7, 11) is 0. The Labute approximate surface area is 163 Å². The summed E-state index contributed by atoms with van der Waals surface area (Å²) in [5.41, 5.74) is 2.31. The predicted molar refractivity (Wildman–Crippen MR) is 105 cm³/mol. The van der Waals surface area contributed by atoms with Gasteiger partial charge in [0.1, 0.15) is 11.5 Å². The van der Waals surface area contributed by atoms with Gasteiger partial charge in [-0.15, -0.1) is 0 Å². The molecule has 3 aliphatic heterocycles. The lowest BCUT2D eigenvalue weighted by Gasteiger charge is -2.31. The fourth-order valence-corrected chi connectivity index (χ4v) is 3.90. The number of ether oxygens (including phenoxy) is 2. The van der Waals surface area contributed by atoms with Crippen molar-refractivity contribution >= 4 is 23.4 Å². The second-order valence-corrected chi connectivity index (χ2v) is 7.10. The van der Waals surface area contributed by atoms with E-state index in [9.17, 15) is 4.79 Å². The third kappa shape index (κ3) is 3.08. The molecule has 2 saturated heterocycles. The van der Waals surface area contributed by atoms with Crippen molar-refractivity contribution in [3.8, 4) is 0 Å². The van der Waals surface area contributed by atoms with E-state index in [4.69, 9.17) is 19.4 Å². The molecule has 1 aromatic carbocycles. The molecule has 0 unspecified atom stereocenters. The molecule has 0 radical (unpaired) electrons. The number of fused-ring (bicyclic) bond motifs is 1. The first kappa shape index (κ1) is 17.4. The normalized spacial score (nSPS) is 19.9. The summed E-state index contributed by atoms with van der Waals surface area (Å²) in [4.78, 5) is 28.9. The molecular weight excluding hydrogens is 358 g/mol. The Morgan fingerprint density at radius 1 is 0.821 bits per heavy atom. The fourth-order valence-electron chi connectivity index (χ4n) is 3.90. The van der Waals surface area contributed by atoms with E-state index in [1.54, 1.807) is 4.90 Å². The van der Waals surface area contributed by atoms with Crippen molar-refractivity contribution in [2.75, 3.05) is 67.3 Å². The molecule has 1 amide bonds.